The first kappa shape index (κ1) is 22.1. The van der Waals surface area contributed by atoms with Crippen molar-refractivity contribution in [2.24, 2.45) is 4.99 Å². The van der Waals surface area contributed by atoms with E-state index in [9.17, 15) is 4.79 Å². The average Bonchev–Trinajstić information content (AvgIpc) is 3.26. The van der Waals surface area contributed by atoms with Crippen molar-refractivity contribution < 1.29 is 9.53 Å². The lowest BCUT2D eigenvalue weighted by Gasteiger charge is -2.17. The fourth-order valence-corrected chi connectivity index (χ4v) is 2.99. The number of aromatic nitrogens is 1. The van der Waals surface area contributed by atoms with E-state index in [1.807, 2.05) is 11.6 Å². The Labute approximate surface area is 170 Å². The molecule has 0 saturated carbocycles. The van der Waals surface area contributed by atoms with Gasteiger partial charge in [-0.25, -0.2) is 9.98 Å². The number of carbonyl (C=O) groups is 1. The first-order chi connectivity index (χ1) is 11.6. The fraction of sp³-hybridized carbons (Fsp3) is 0.688. The SMILES string of the molecule is CC(CNC(=NCC(=O)N(C)C)NCC1CCCO1)c1nccs1.I. The Bertz CT molecular complexity index is 533. The molecule has 9 heteroatoms. The highest BCUT2D eigenvalue weighted by Crippen LogP contribution is 2.16. The maximum Gasteiger partial charge on any atom is 0.243 e. The van der Waals surface area contributed by atoms with Gasteiger partial charge >= 0.3 is 0 Å². The number of hydrogen-bond acceptors (Lipinski definition) is 5. The van der Waals surface area contributed by atoms with E-state index >= 15 is 0 Å². The highest BCUT2D eigenvalue weighted by Gasteiger charge is 2.16. The number of ether oxygens (including phenoxy) is 1. The van der Waals surface area contributed by atoms with E-state index in [1.165, 1.54) is 0 Å². The van der Waals surface area contributed by atoms with E-state index in [4.69, 9.17) is 4.74 Å². The molecule has 1 amide bonds. The van der Waals surface area contributed by atoms with Gasteiger partial charge in [0.1, 0.15) is 6.54 Å². The monoisotopic (exact) mass is 481 g/mol. The number of carbonyl (C=O) groups excluding carboxylic acids is 1. The molecule has 1 aromatic heterocycles. The van der Waals surface area contributed by atoms with Crippen molar-refractivity contribution in [3.05, 3.63) is 16.6 Å². The second kappa shape index (κ2) is 11.6. The third-order valence-corrected chi connectivity index (χ3v) is 4.85. The van der Waals surface area contributed by atoms with Crippen LogP contribution in [-0.2, 0) is 9.53 Å². The lowest BCUT2D eigenvalue weighted by atomic mass is 10.2. The number of likely N-dealkylation sites (N-methyl/N-ethyl adjacent to an activating group) is 1. The molecular weight excluding hydrogens is 453 g/mol. The van der Waals surface area contributed by atoms with Crippen molar-refractivity contribution in [1.82, 2.24) is 20.5 Å². The minimum absolute atomic E-state index is 0. The molecule has 1 aliphatic rings. The van der Waals surface area contributed by atoms with Crippen LogP contribution in [-0.4, -0.2) is 68.2 Å². The first-order valence-corrected chi connectivity index (χ1v) is 9.17. The molecule has 1 aliphatic heterocycles. The molecule has 2 atom stereocenters. The summed E-state index contributed by atoms with van der Waals surface area (Å²) in [5.74, 6) is 0.898. The number of rotatable bonds is 7. The van der Waals surface area contributed by atoms with E-state index in [1.54, 1.807) is 30.3 Å². The van der Waals surface area contributed by atoms with E-state index < -0.39 is 0 Å². The Kier molecular flexibility index (Phi) is 10.3. The van der Waals surface area contributed by atoms with Crippen LogP contribution in [0.4, 0.5) is 0 Å². The Morgan fingerprint density at radius 1 is 1.52 bits per heavy atom. The van der Waals surface area contributed by atoms with Crippen molar-refractivity contribution in [3.8, 4) is 0 Å². The smallest absolute Gasteiger partial charge is 0.243 e. The predicted molar refractivity (Wildman–Crippen MR) is 112 cm³/mol. The molecule has 1 aromatic rings. The summed E-state index contributed by atoms with van der Waals surface area (Å²) in [5.41, 5.74) is 0. The van der Waals surface area contributed by atoms with Crippen LogP contribution in [0, 0.1) is 0 Å². The highest BCUT2D eigenvalue weighted by molar-refractivity contribution is 14.0. The summed E-state index contributed by atoms with van der Waals surface area (Å²) in [4.78, 5) is 22.0. The van der Waals surface area contributed by atoms with Crippen molar-refractivity contribution in [2.45, 2.75) is 31.8 Å². The fourth-order valence-electron chi connectivity index (χ4n) is 2.29. The Morgan fingerprint density at radius 3 is 2.92 bits per heavy atom. The normalized spacial score (nSPS) is 18.4. The summed E-state index contributed by atoms with van der Waals surface area (Å²) in [6, 6.07) is 0. The Hall–Kier alpha value is -0.940. The molecule has 2 rings (SSSR count). The van der Waals surface area contributed by atoms with Crippen LogP contribution in [0.2, 0.25) is 0 Å². The Balaban J connectivity index is 0.00000312. The van der Waals surface area contributed by atoms with E-state index in [2.05, 4.69) is 27.5 Å². The molecule has 7 nitrogen and oxygen atoms in total. The minimum Gasteiger partial charge on any atom is -0.376 e. The third kappa shape index (κ3) is 7.87. The van der Waals surface area contributed by atoms with Gasteiger partial charge in [0.2, 0.25) is 5.91 Å². The minimum atomic E-state index is -0.0267. The lowest BCUT2D eigenvalue weighted by molar-refractivity contribution is -0.127. The second-order valence-electron chi connectivity index (χ2n) is 6.12. The van der Waals surface area contributed by atoms with Crippen LogP contribution in [0.3, 0.4) is 0 Å². The van der Waals surface area contributed by atoms with Crippen LogP contribution in [0.5, 0.6) is 0 Å². The number of guanidine groups is 1. The summed E-state index contributed by atoms with van der Waals surface area (Å²) in [7, 11) is 3.46. The number of hydrogen-bond donors (Lipinski definition) is 2. The standard InChI is InChI=1S/C16H27N5O2S.HI/c1-12(15-17-6-8-24-15)9-18-16(20-11-14(22)21(2)3)19-10-13-5-4-7-23-13;/h6,8,12-13H,4-5,7,9-11H2,1-3H3,(H2,18,19,20);1H. The van der Waals surface area contributed by atoms with Gasteiger partial charge in [0.25, 0.3) is 0 Å². The molecule has 1 saturated heterocycles. The average molecular weight is 481 g/mol. The van der Waals surface area contributed by atoms with E-state index in [-0.39, 0.29) is 48.5 Å². The van der Waals surface area contributed by atoms with Gasteiger partial charge in [0.15, 0.2) is 5.96 Å². The number of amides is 1. The highest BCUT2D eigenvalue weighted by atomic mass is 127. The van der Waals surface area contributed by atoms with Crippen LogP contribution in [0.1, 0.15) is 30.7 Å². The molecule has 0 bridgehead atoms. The van der Waals surface area contributed by atoms with Gasteiger partial charge in [0.05, 0.1) is 11.1 Å². The first-order valence-electron chi connectivity index (χ1n) is 8.29. The molecule has 142 valence electrons. The summed E-state index contributed by atoms with van der Waals surface area (Å²) < 4.78 is 5.62. The van der Waals surface area contributed by atoms with Gasteiger partial charge in [-0.1, -0.05) is 6.92 Å². The third-order valence-electron chi connectivity index (χ3n) is 3.84. The number of aliphatic imine (C=N–C) groups is 1. The molecule has 25 heavy (non-hydrogen) atoms. The van der Waals surface area contributed by atoms with Gasteiger partial charge in [-0.05, 0) is 12.8 Å². The second-order valence-corrected chi connectivity index (χ2v) is 7.05. The number of thiazole rings is 1. The molecular formula is C16H28IN5O2S. The largest absolute Gasteiger partial charge is 0.376 e. The van der Waals surface area contributed by atoms with Crippen molar-refractivity contribution in [2.75, 3.05) is 40.3 Å². The van der Waals surface area contributed by atoms with E-state index in [0.29, 0.717) is 19.0 Å². The summed E-state index contributed by atoms with van der Waals surface area (Å²) in [5, 5.41) is 9.65. The van der Waals surface area contributed by atoms with Gasteiger partial charge in [0, 0.05) is 51.3 Å². The van der Waals surface area contributed by atoms with Crippen LogP contribution < -0.4 is 10.6 Å². The van der Waals surface area contributed by atoms with Crippen LogP contribution >= 0.6 is 35.3 Å². The quantitative estimate of drug-likeness (QED) is 0.352. The number of nitrogens with zero attached hydrogens (tertiary/aromatic N) is 3. The van der Waals surface area contributed by atoms with Crippen molar-refractivity contribution in [3.63, 3.8) is 0 Å². The molecule has 0 radical (unpaired) electrons. The van der Waals surface area contributed by atoms with Crippen LogP contribution in [0.25, 0.3) is 0 Å². The Morgan fingerprint density at radius 2 is 2.32 bits per heavy atom. The zero-order valence-electron chi connectivity index (χ0n) is 15.0. The van der Waals surface area contributed by atoms with Crippen LogP contribution in [0.15, 0.2) is 16.6 Å². The van der Waals surface area contributed by atoms with Gasteiger partial charge in [-0.3, -0.25) is 4.79 Å². The topological polar surface area (TPSA) is 78.9 Å². The molecule has 2 heterocycles. The molecule has 2 N–H and O–H groups in total. The zero-order valence-corrected chi connectivity index (χ0v) is 18.2. The maximum absolute atomic E-state index is 11.8. The summed E-state index contributed by atoms with van der Waals surface area (Å²) >= 11 is 1.65. The van der Waals surface area contributed by atoms with E-state index in [0.717, 1.165) is 24.5 Å². The van der Waals surface area contributed by atoms with Crippen molar-refractivity contribution >= 4 is 47.2 Å². The summed E-state index contributed by atoms with van der Waals surface area (Å²) in [6.07, 6.45) is 4.20. The van der Waals surface area contributed by atoms with Gasteiger partial charge < -0.3 is 20.3 Å². The molecule has 0 aromatic carbocycles. The molecule has 2 unspecified atom stereocenters. The molecule has 0 spiro atoms. The van der Waals surface area contributed by atoms with Gasteiger partial charge in [-0.2, -0.15) is 0 Å². The number of halogens is 1. The maximum atomic E-state index is 11.8. The lowest BCUT2D eigenvalue weighted by Crippen LogP contribution is -2.43. The molecule has 0 aliphatic carbocycles. The van der Waals surface area contributed by atoms with Crippen molar-refractivity contribution in [1.29, 1.82) is 0 Å². The van der Waals surface area contributed by atoms with Gasteiger partial charge in [-0.15, -0.1) is 35.3 Å². The number of nitrogens with one attached hydrogen (secondary N) is 2. The summed E-state index contributed by atoms with van der Waals surface area (Å²) in [6.45, 7) is 4.48. The molecule has 1 fully saturated rings. The zero-order chi connectivity index (χ0) is 17.4. The predicted octanol–water partition coefficient (Wildman–Crippen LogP) is 1.67.